The molecule has 1 unspecified atom stereocenters. The van der Waals surface area contributed by atoms with Crippen LogP contribution in [0.25, 0.3) is 0 Å². The Morgan fingerprint density at radius 3 is 2.59 bits per heavy atom. The van der Waals surface area contributed by atoms with Crippen LogP contribution in [-0.4, -0.2) is 19.3 Å². The highest BCUT2D eigenvalue weighted by Gasteiger charge is 2.15. The van der Waals surface area contributed by atoms with Crippen LogP contribution < -0.4 is 0 Å². The van der Waals surface area contributed by atoms with Crippen LogP contribution >= 0.6 is 0 Å². The topological polar surface area (TPSA) is 35.6 Å². The minimum atomic E-state index is 0.0521. The van der Waals surface area contributed by atoms with Crippen LogP contribution in [0.3, 0.4) is 0 Å². The van der Waals surface area contributed by atoms with Crippen molar-refractivity contribution in [3.05, 3.63) is 36.7 Å². The molecule has 0 fully saturated rings. The quantitative estimate of drug-likeness (QED) is 0.815. The van der Waals surface area contributed by atoms with Gasteiger partial charge in [-0.3, -0.25) is 4.68 Å². The molecular formula is C13H20N4. The van der Waals surface area contributed by atoms with Crippen molar-refractivity contribution in [3.8, 4) is 0 Å². The van der Waals surface area contributed by atoms with Gasteiger partial charge in [-0.25, -0.2) is 4.98 Å². The van der Waals surface area contributed by atoms with E-state index >= 15 is 0 Å². The van der Waals surface area contributed by atoms with Gasteiger partial charge in [0.05, 0.1) is 17.6 Å². The number of nitrogens with zero attached hydrogens (tertiary/aromatic N) is 4. The van der Waals surface area contributed by atoms with Gasteiger partial charge in [-0.05, 0) is 33.8 Å². The van der Waals surface area contributed by atoms with Crippen LogP contribution in [0.2, 0.25) is 0 Å². The summed E-state index contributed by atoms with van der Waals surface area (Å²) < 4.78 is 4.12. The predicted molar refractivity (Wildman–Crippen MR) is 67.9 cm³/mol. The molecule has 2 aromatic rings. The number of hydrogen-bond acceptors (Lipinski definition) is 2. The molecule has 2 aromatic heterocycles. The molecule has 0 spiro atoms. The molecule has 2 heterocycles. The van der Waals surface area contributed by atoms with E-state index in [-0.39, 0.29) is 5.54 Å². The second-order valence-electron chi connectivity index (χ2n) is 5.49. The lowest BCUT2D eigenvalue weighted by Gasteiger charge is -2.19. The van der Waals surface area contributed by atoms with Crippen LogP contribution in [0, 0.1) is 0 Å². The largest absolute Gasteiger partial charge is 0.334 e. The summed E-state index contributed by atoms with van der Waals surface area (Å²) in [6.07, 6.45) is 8.64. The molecule has 1 atom stereocenters. The molecule has 0 bridgehead atoms. The third-order valence-electron chi connectivity index (χ3n) is 2.87. The first-order valence-corrected chi connectivity index (χ1v) is 5.99. The molecule has 0 saturated heterocycles. The Labute approximate surface area is 102 Å². The van der Waals surface area contributed by atoms with E-state index in [0.29, 0.717) is 6.04 Å². The van der Waals surface area contributed by atoms with Crippen molar-refractivity contribution in [2.75, 3.05) is 0 Å². The summed E-state index contributed by atoms with van der Waals surface area (Å²) in [5, 5.41) is 4.61. The molecule has 0 aliphatic rings. The maximum atomic E-state index is 4.61. The molecule has 0 aliphatic carbocycles. The summed E-state index contributed by atoms with van der Waals surface area (Å²) in [6, 6.07) is 2.49. The Morgan fingerprint density at radius 1 is 1.29 bits per heavy atom. The van der Waals surface area contributed by atoms with Crippen molar-refractivity contribution >= 4 is 0 Å². The smallest absolute Gasteiger partial charge is 0.0948 e. The Bertz CT molecular complexity index is 462. The third kappa shape index (κ3) is 2.75. The second-order valence-corrected chi connectivity index (χ2v) is 5.49. The first kappa shape index (κ1) is 11.9. The zero-order valence-electron chi connectivity index (χ0n) is 11.0. The number of imidazole rings is 1. The monoisotopic (exact) mass is 232 g/mol. The van der Waals surface area contributed by atoms with Crippen LogP contribution in [-0.2, 0) is 12.0 Å². The SMILES string of the molecule is CC(Cc1ccn(C(C)(C)C)n1)n1ccnc1. The van der Waals surface area contributed by atoms with Crippen molar-refractivity contribution in [2.45, 2.75) is 45.7 Å². The van der Waals surface area contributed by atoms with Gasteiger partial charge < -0.3 is 4.57 Å². The maximum Gasteiger partial charge on any atom is 0.0948 e. The van der Waals surface area contributed by atoms with Gasteiger partial charge >= 0.3 is 0 Å². The highest BCUT2D eigenvalue weighted by molar-refractivity contribution is 5.02. The Balaban J connectivity index is 2.07. The van der Waals surface area contributed by atoms with E-state index in [1.807, 2.05) is 23.4 Å². The van der Waals surface area contributed by atoms with Crippen LogP contribution in [0.5, 0.6) is 0 Å². The molecule has 0 aromatic carbocycles. The summed E-state index contributed by atoms with van der Waals surface area (Å²) in [5.74, 6) is 0. The van der Waals surface area contributed by atoms with Crippen LogP contribution in [0.15, 0.2) is 31.0 Å². The van der Waals surface area contributed by atoms with Crippen molar-refractivity contribution in [3.63, 3.8) is 0 Å². The zero-order valence-corrected chi connectivity index (χ0v) is 11.0. The zero-order chi connectivity index (χ0) is 12.5. The van der Waals surface area contributed by atoms with Gasteiger partial charge in [-0.15, -0.1) is 0 Å². The number of rotatable bonds is 3. The molecule has 4 heteroatoms. The fraction of sp³-hybridized carbons (Fsp3) is 0.538. The van der Waals surface area contributed by atoms with Gasteiger partial charge in [0.2, 0.25) is 0 Å². The van der Waals surface area contributed by atoms with Gasteiger partial charge in [0, 0.05) is 31.1 Å². The maximum absolute atomic E-state index is 4.61. The van der Waals surface area contributed by atoms with Crippen molar-refractivity contribution in [1.29, 1.82) is 0 Å². The molecular weight excluding hydrogens is 212 g/mol. The lowest BCUT2D eigenvalue weighted by atomic mass is 10.1. The van der Waals surface area contributed by atoms with E-state index in [9.17, 15) is 0 Å². The van der Waals surface area contributed by atoms with E-state index in [1.165, 1.54) is 0 Å². The molecule has 92 valence electrons. The fourth-order valence-corrected chi connectivity index (χ4v) is 1.78. The van der Waals surface area contributed by atoms with E-state index in [2.05, 4.69) is 54.6 Å². The minimum absolute atomic E-state index is 0.0521. The Kier molecular flexibility index (Phi) is 3.05. The van der Waals surface area contributed by atoms with Crippen molar-refractivity contribution in [1.82, 2.24) is 19.3 Å². The van der Waals surface area contributed by atoms with Gasteiger partial charge in [0.25, 0.3) is 0 Å². The van der Waals surface area contributed by atoms with E-state index < -0.39 is 0 Å². The summed E-state index contributed by atoms with van der Waals surface area (Å²) >= 11 is 0. The average molecular weight is 232 g/mol. The molecule has 0 N–H and O–H groups in total. The number of aromatic nitrogens is 4. The lowest BCUT2D eigenvalue weighted by Crippen LogP contribution is -2.22. The second kappa shape index (κ2) is 4.35. The molecule has 0 saturated carbocycles. The standard InChI is InChI=1S/C13H20N4/c1-11(16-8-6-14-10-16)9-12-5-7-17(15-12)13(2,3)4/h5-8,10-11H,9H2,1-4H3. The third-order valence-corrected chi connectivity index (χ3v) is 2.87. The fourth-order valence-electron chi connectivity index (χ4n) is 1.78. The highest BCUT2D eigenvalue weighted by atomic mass is 15.3. The predicted octanol–water partition coefficient (Wildman–Crippen LogP) is 2.64. The Morgan fingerprint density at radius 2 is 2.06 bits per heavy atom. The summed E-state index contributed by atoms with van der Waals surface area (Å²) in [4.78, 5) is 4.07. The highest BCUT2D eigenvalue weighted by Crippen LogP contribution is 2.16. The van der Waals surface area contributed by atoms with Gasteiger partial charge in [-0.1, -0.05) is 0 Å². The molecule has 2 rings (SSSR count). The Hall–Kier alpha value is -1.58. The molecule has 4 nitrogen and oxygen atoms in total. The molecule has 0 amide bonds. The molecule has 0 aliphatic heterocycles. The lowest BCUT2D eigenvalue weighted by molar-refractivity contribution is 0.351. The molecule has 17 heavy (non-hydrogen) atoms. The van der Waals surface area contributed by atoms with Gasteiger partial charge in [0.1, 0.15) is 0 Å². The van der Waals surface area contributed by atoms with E-state index in [1.54, 1.807) is 0 Å². The minimum Gasteiger partial charge on any atom is -0.334 e. The van der Waals surface area contributed by atoms with Crippen molar-refractivity contribution in [2.24, 2.45) is 0 Å². The molecule has 0 radical (unpaired) electrons. The van der Waals surface area contributed by atoms with Crippen molar-refractivity contribution < 1.29 is 0 Å². The van der Waals surface area contributed by atoms with Gasteiger partial charge in [-0.2, -0.15) is 5.10 Å². The summed E-state index contributed by atoms with van der Waals surface area (Å²) in [5.41, 5.74) is 1.18. The average Bonchev–Trinajstić information content (AvgIpc) is 2.85. The van der Waals surface area contributed by atoms with Crippen LogP contribution in [0.4, 0.5) is 0 Å². The van der Waals surface area contributed by atoms with Crippen LogP contribution in [0.1, 0.15) is 39.4 Å². The number of hydrogen-bond donors (Lipinski definition) is 0. The normalized spacial score (nSPS) is 13.9. The van der Waals surface area contributed by atoms with Gasteiger partial charge in [0.15, 0.2) is 0 Å². The summed E-state index contributed by atoms with van der Waals surface area (Å²) in [7, 11) is 0. The van der Waals surface area contributed by atoms with E-state index in [0.717, 1.165) is 12.1 Å². The first-order valence-electron chi connectivity index (χ1n) is 5.99. The summed E-state index contributed by atoms with van der Waals surface area (Å²) in [6.45, 7) is 8.65. The van der Waals surface area contributed by atoms with E-state index in [4.69, 9.17) is 0 Å². The first-order chi connectivity index (χ1) is 7.97.